The molecule has 0 unspecified atom stereocenters. The van der Waals surface area contributed by atoms with Crippen LogP contribution in [0.1, 0.15) is 5.56 Å². The molecule has 0 bridgehead atoms. The molecule has 2 rings (SSSR count). The number of rotatable bonds is 5. The molecule has 0 saturated heterocycles. The Morgan fingerprint density at radius 2 is 2.16 bits per heavy atom. The van der Waals surface area contributed by atoms with Gasteiger partial charge in [0.1, 0.15) is 0 Å². The molecule has 0 aliphatic rings. The Hall–Kier alpha value is -1.51. The molecule has 3 N–H and O–H groups in total. The standard InChI is InChI=1S/C11H13N3O3S2/c1-18-10-5-3-2-4-9(10)14-19(16,17)11-8(7-15)6-12-13-11/h2-6,14-15H,7H2,1H3,(H,12,13). The maximum Gasteiger partial charge on any atom is 0.279 e. The molecule has 19 heavy (non-hydrogen) atoms. The van der Waals surface area contributed by atoms with E-state index in [1.165, 1.54) is 18.0 Å². The average molecular weight is 299 g/mol. The van der Waals surface area contributed by atoms with Crippen LogP contribution in [0, 0.1) is 0 Å². The van der Waals surface area contributed by atoms with Crippen molar-refractivity contribution in [3.05, 3.63) is 36.0 Å². The van der Waals surface area contributed by atoms with E-state index in [0.29, 0.717) is 5.69 Å². The highest BCUT2D eigenvalue weighted by atomic mass is 32.2. The highest BCUT2D eigenvalue weighted by molar-refractivity contribution is 7.99. The SMILES string of the molecule is CSc1ccccc1NS(=O)(=O)c1[nH]ncc1CO. The van der Waals surface area contributed by atoms with Crippen molar-refractivity contribution in [2.75, 3.05) is 11.0 Å². The van der Waals surface area contributed by atoms with Gasteiger partial charge in [-0.3, -0.25) is 9.82 Å². The van der Waals surface area contributed by atoms with E-state index in [4.69, 9.17) is 5.11 Å². The van der Waals surface area contributed by atoms with Crippen LogP contribution in [0.4, 0.5) is 5.69 Å². The molecule has 1 aromatic carbocycles. The summed E-state index contributed by atoms with van der Waals surface area (Å²) in [5.41, 5.74) is 0.725. The predicted octanol–water partition coefficient (Wildman–Crippen LogP) is 1.42. The van der Waals surface area contributed by atoms with Crippen molar-refractivity contribution in [3.63, 3.8) is 0 Å². The van der Waals surface area contributed by atoms with E-state index in [-0.39, 0.29) is 10.6 Å². The fourth-order valence-corrected chi connectivity index (χ4v) is 3.39. The zero-order chi connectivity index (χ0) is 13.9. The summed E-state index contributed by atoms with van der Waals surface area (Å²) in [5.74, 6) is 0. The topological polar surface area (TPSA) is 95.1 Å². The second-order valence-corrected chi connectivity index (χ2v) is 6.16. The van der Waals surface area contributed by atoms with Crippen molar-refractivity contribution in [3.8, 4) is 0 Å². The quantitative estimate of drug-likeness (QED) is 0.726. The van der Waals surface area contributed by atoms with E-state index in [9.17, 15) is 8.42 Å². The number of hydrogen-bond donors (Lipinski definition) is 3. The Morgan fingerprint density at radius 3 is 2.84 bits per heavy atom. The Kier molecular flexibility index (Phi) is 4.13. The van der Waals surface area contributed by atoms with Crippen molar-refractivity contribution in [2.24, 2.45) is 0 Å². The van der Waals surface area contributed by atoms with E-state index >= 15 is 0 Å². The first-order valence-corrected chi connectivity index (χ1v) is 8.08. The summed E-state index contributed by atoms with van der Waals surface area (Å²) in [6, 6.07) is 7.08. The van der Waals surface area contributed by atoms with Gasteiger partial charge >= 0.3 is 0 Å². The van der Waals surface area contributed by atoms with Crippen LogP contribution >= 0.6 is 11.8 Å². The lowest BCUT2D eigenvalue weighted by atomic mass is 10.3. The van der Waals surface area contributed by atoms with Crippen molar-refractivity contribution in [1.29, 1.82) is 0 Å². The van der Waals surface area contributed by atoms with Crippen LogP contribution in [-0.2, 0) is 16.6 Å². The van der Waals surface area contributed by atoms with Crippen LogP contribution in [0.15, 0.2) is 40.4 Å². The number of H-pyrrole nitrogens is 1. The number of para-hydroxylation sites is 1. The number of nitrogens with one attached hydrogen (secondary N) is 2. The Morgan fingerprint density at radius 1 is 1.42 bits per heavy atom. The predicted molar refractivity (Wildman–Crippen MR) is 73.5 cm³/mol. The normalized spacial score (nSPS) is 11.5. The van der Waals surface area contributed by atoms with Gasteiger partial charge in [-0.25, -0.2) is 0 Å². The monoisotopic (exact) mass is 299 g/mol. The van der Waals surface area contributed by atoms with Gasteiger partial charge in [-0.1, -0.05) is 12.1 Å². The minimum Gasteiger partial charge on any atom is -0.392 e. The Bertz CT molecular complexity index is 667. The van der Waals surface area contributed by atoms with Gasteiger partial charge in [0.15, 0.2) is 5.03 Å². The number of aromatic amines is 1. The number of thioether (sulfide) groups is 1. The Labute approximate surface area is 115 Å². The smallest absolute Gasteiger partial charge is 0.279 e. The molecular weight excluding hydrogens is 286 g/mol. The van der Waals surface area contributed by atoms with E-state index in [1.54, 1.807) is 12.1 Å². The molecule has 1 heterocycles. The van der Waals surface area contributed by atoms with E-state index in [0.717, 1.165) is 4.90 Å². The Balaban J connectivity index is 2.37. The van der Waals surface area contributed by atoms with E-state index in [2.05, 4.69) is 14.9 Å². The van der Waals surface area contributed by atoms with Gasteiger partial charge in [-0.15, -0.1) is 11.8 Å². The molecule has 0 radical (unpaired) electrons. The van der Waals surface area contributed by atoms with Gasteiger partial charge in [0.2, 0.25) is 0 Å². The molecule has 6 nitrogen and oxygen atoms in total. The number of aliphatic hydroxyl groups excluding tert-OH is 1. The number of aliphatic hydroxyl groups is 1. The molecule has 0 atom stereocenters. The van der Waals surface area contributed by atoms with Crippen molar-refractivity contribution < 1.29 is 13.5 Å². The molecule has 8 heteroatoms. The summed E-state index contributed by atoms with van der Waals surface area (Å²) in [5, 5.41) is 15.0. The average Bonchev–Trinajstić information content (AvgIpc) is 2.88. The zero-order valence-corrected chi connectivity index (χ0v) is 11.8. The van der Waals surface area contributed by atoms with Gasteiger partial charge < -0.3 is 5.11 Å². The van der Waals surface area contributed by atoms with Crippen LogP contribution in [0.3, 0.4) is 0 Å². The third kappa shape index (κ3) is 2.91. The van der Waals surface area contributed by atoms with Gasteiger partial charge in [0, 0.05) is 10.5 Å². The molecular formula is C11H13N3O3S2. The number of hydrogen-bond acceptors (Lipinski definition) is 5. The van der Waals surface area contributed by atoms with Gasteiger partial charge in [-0.2, -0.15) is 13.5 Å². The zero-order valence-electron chi connectivity index (χ0n) is 10.1. The molecule has 0 aliphatic heterocycles. The molecule has 0 spiro atoms. The molecule has 102 valence electrons. The number of nitrogens with zero attached hydrogens (tertiary/aromatic N) is 1. The van der Waals surface area contributed by atoms with Crippen LogP contribution in [0.2, 0.25) is 0 Å². The fraction of sp³-hybridized carbons (Fsp3) is 0.182. The van der Waals surface area contributed by atoms with E-state index < -0.39 is 16.6 Å². The first kappa shape index (κ1) is 13.9. The maximum absolute atomic E-state index is 12.2. The van der Waals surface area contributed by atoms with Gasteiger partial charge in [0.25, 0.3) is 10.0 Å². The highest BCUT2D eigenvalue weighted by Crippen LogP contribution is 2.27. The maximum atomic E-state index is 12.2. The lowest BCUT2D eigenvalue weighted by Gasteiger charge is -2.10. The lowest BCUT2D eigenvalue weighted by molar-refractivity contribution is 0.278. The second kappa shape index (κ2) is 5.64. The van der Waals surface area contributed by atoms with Crippen LogP contribution in [0.5, 0.6) is 0 Å². The summed E-state index contributed by atoms with van der Waals surface area (Å²) in [6.07, 6.45) is 3.15. The summed E-state index contributed by atoms with van der Waals surface area (Å²) in [7, 11) is -3.79. The minimum absolute atomic E-state index is 0.120. The third-order valence-corrected chi connectivity index (χ3v) is 4.64. The second-order valence-electron chi connectivity index (χ2n) is 3.69. The molecule has 0 fully saturated rings. The summed E-state index contributed by atoms with van der Waals surface area (Å²) in [4.78, 5) is 0.816. The number of anilines is 1. The number of aromatic nitrogens is 2. The molecule has 1 aromatic heterocycles. The highest BCUT2D eigenvalue weighted by Gasteiger charge is 2.21. The lowest BCUT2D eigenvalue weighted by Crippen LogP contribution is -2.15. The molecule has 0 saturated carbocycles. The number of sulfonamides is 1. The number of benzene rings is 1. The largest absolute Gasteiger partial charge is 0.392 e. The molecule has 0 aliphatic carbocycles. The van der Waals surface area contributed by atoms with Crippen LogP contribution in [0.25, 0.3) is 0 Å². The van der Waals surface area contributed by atoms with Gasteiger partial charge in [0.05, 0.1) is 18.5 Å². The van der Waals surface area contributed by atoms with Crippen LogP contribution in [-0.4, -0.2) is 30.0 Å². The first-order chi connectivity index (χ1) is 9.08. The van der Waals surface area contributed by atoms with Crippen molar-refractivity contribution in [1.82, 2.24) is 10.2 Å². The van der Waals surface area contributed by atoms with Crippen molar-refractivity contribution in [2.45, 2.75) is 16.5 Å². The molecule has 2 aromatic rings. The first-order valence-electron chi connectivity index (χ1n) is 5.37. The van der Waals surface area contributed by atoms with E-state index in [1.807, 2.05) is 18.4 Å². The van der Waals surface area contributed by atoms with Crippen molar-refractivity contribution >= 4 is 27.5 Å². The fourth-order valence-electron chi connectivity index (χ4n) is 1.57. The summed E-state index contributed by atoms with van der Waals surface area (Å²) >= 11 is 1.44. The van der Waals surface area contributed by atoms with Crippen LogP contribution < -0.4 is 4.72 Å². The van der Waals surface area contributed by atoms with Gasteiger partial charge in [-0.05, 0) is 18.4 Å². The summed E-state index contributed by atoms with van der Waals surface area (Å²) < 4.78 is 26.9. The third-order valence-electron chi connectivity index (χ3n) is 2.47. The summed E-state index contributed by atoms with van der Waals surface area (Å²) in [6.45, 7) is -0.392. The molecule has 0 amide bonds. The minimum atomic E-state index is -3.79.